The fourth-order valence-corrected chi connectivity index (χ4v) is 3.70. The predicted molar refractivity (Wildman–Crippen MR) is 113 cm³/mol. The Labute approximate surface area is 161 Å². The van der Waals surface area contributed by atoms with E-state index in [0.29, 0.717) is 13.0 Å². The molecule has 0 aliphatic carbocycles. The summed E-state index contributed by atoms with van der Waals surface area (Å²) >= 11 is 1.83. The second-order valence-corrected chi connectivity index (χ2v) is 7.88. The molecule has 2 aromatic carbocycles. The smallest absolute Gasteiger partial charge is 0.224 e. The van der Waals surface area contributed by atoms with E-state index in [-0.39, 0.29) is 5.91 Å². The number of hydrogen-bond acceptors (Lipinski definition) is 3. The summed E-state index contributed by atoms with van der Waals surface area (Å²) in [4.78, 5) is 12.2. The van der Waals surface area contributed by atoms with Crippen molar-refractivity contribution in [1.29, 1.82) is 0 Å². The van der Waals surface area contributed by atoms with E-state index in [2.05, 4.69) is 37.4 Å². The maximum Gasteiger partial charge on any atom is 0.224 e. The van der Waals surface area contributed by atoms with Gasteiger partial charge in [0.15, 0.2) is 0 Å². The largest absolute Gasteiger partial charge is 0.492 e. The summed E-state index contributed by atoms with van der Waals surface area (Å²) in [6, 6.07) is 12.3. The standard InChI is InChI=1S/C22H29NO2S/c1-16-14-18(3)22(19(4)15-16)23-21(24)10-7-12-26-13-11-25-20-9-6-5-8-17(20)2/h5-6,8-9,14-15H,7,10-13H2,1-4H3,(H,23,24). The maximum atomic E-state index is 12.2. The molecule has 140 valence electrons. The Morgan fingerprint density at radius 3 is 2.38 bits per heavy atom. The van der Waals surface area contributed by atoms with Crippen LogP contribution in [-0.2, 0) is 4.79 Å². The van der Waals surface area contributed by atoms with Gasteiger partial charge in [-0.25, -0.2) is 0 Å². The average Bonchev–Trinajstić information content (AvgIpc) is 2.58. The summed E-state index contributed by atoms with van der Waals surface area (Å²) in [6.07, 6.45) is 1.43. The highest BCUT2D eigenvalue weighted by Crippen LogP contribution is 2.22. The van der Waals surface area contributed by atoms with Gasteiger partial charge in [-0.15, -0.1) is 0 Å². The molecule has 0 fully saturated rings. The van der Waals surface area contributed by atoms with Crippen molar-refractivity contribution in [3.05, 3.63) is 58.7 Å². The number of rotatable bonds is 9. The predicted octanol–water partition coefficient (Wildman–Crippen LogP) is 5.45. The minimum absolute atomic E-state index is 0.0943. The average molecular weight is 372 g/mol. The van der Waals surface area contributed by atoms with E-state index in [1.807, 2.05) is 43.8 Å². The molecule has 26 heavy (non-hydrogen) atoms. The van der Waals surface area contributed by atoms with Crippen LogP contribution in [0.5, 0.6) is 5.75 Å². The van der Waals surface area contributed by atoms with E-state index in [4.69, 9.17) is 4.74 Å². The van der Waals surface area contributed by atoms with Crippen molar-refractivity contribution >= 4 is 23.4 Å². The molecule has 0 atom stereocenters. The minimum Gasteiger partial charge on any atom is -0.492 e. The first-order valence-corrected chi connectivity index (χ1v) is 10.3. The fourth-order valence-electron chi connectivity index (χ4n) is 2.94. The summed E-state index contributed by atoms with van der Waals surface area (Å²) in [6.45, 7) is 8.91. The van der Waals surface area contributed by atoms with Gasteiger partial charge in [0.2, 0.25) is 5.91 Å². The van der Waals surface area contributed by atoms with Crippen molar-refractivity contribution in [2.24, 2.45) is 0 Å². The van der Waals surface area contributed by atoms with E-state index in [0.717, 1.165) is 46.1 Å². The Morgan fingerprint density at radius 2 is 1.69 bits per heavy atom. The molecule has 2 aromatic rings. The molecule has 0 bridgehead atoms. The maximum absolute atomic E-state index is 12.2. The van der Waals surface area contributed by atoms with E-state index in [9.17, 15) is 4.79 Å². The summed E-state index contributed by atoms with van der Waals surface area (Å²) in [5, 5.41) is 3.06. The molecule has 0 heterocycles. The van der Waals surface area contributed by atoms with Crippen LogP contribution in [0.25, 0.3) is 0 Å². The van der Waals surface area contributed by atoms with Gasteiger partial charge < -0.3 is 10.1 Å². The van der Waals surface area contributed by atoms with Crippen LogP contribution in [-0.4, -0.2) is 24.0 Å². The van der Waals surface area contributed by atoms with Gasteiger partial charge in [-0.05, 0) is 62.6 Å². The lowest BCUT2D eigenvalue weighted by molar-refractivity contribution is -0.116. The number of para-hydroxylation sites is 1. The molecule has 0 radical (unpaired) electrons. The van der Waals surface area contributed by atoms with Gasteiger partial charge in [-0.1, -0.05) is 35.9 Å². The Hall–Kier alpha value is -1.94. The topological polar surface area (TPSA) is 38.3 Å². The highest BCUT2D eigenvalue weighted by atomic mass is 32.2. The summed E-state index contributed by atoms with van der Waals surface area (Å²) in [5.74, 6) is 2.95. The first kappa shape index (κ1) is 20.4. The van der Waals surface area contributed by atoms with Crippen molar-refractivity contribution in [3.63, 3.8) is 0 Å². The molecule has 4 heteroatoms. The molecule has 0 aromatic heterocycles. The van der Waals surface area contributed by atoms with E-state index >= 15 is 0 Å². The molecule has 0 saturated carbocycles. The lowest BCUT2D eigenvalue weighted by Gasteiger charge is -2.13. The Morgan fingerprint density at radius 1 is 1.00 bits per heavy atom. The Balaban J connectivity index is 1.61. The SMILES string of the molecule is Cc1cc(C)c(NC(=O)CCCSCCOc2ccccc2C)c(C)c1. The molecule has 1 N–H and O–H groups in total. The van der Waals surface area contributed by atoms with Gasteiger partial charge in [-0.2, -0.15) is 11.8 Å². The number of aryl methyl sites for hydroxylation is 4. The number of nitrogens with one attached hydrogen (secondary N) is 1. The summed E-state index contributed by atoms with van der Waals surface area (Å²) in [5.41, 5.74) is 5.59. The molecule has 0 unspecified atom stereocenters. The molecule has 1 amide bonds. The number of carbonyl (C=O) groups excluding carboxylic acids is 1. The highest BCUT2D eigenvalue weighted by molar-refractivity contribution is 7.99. The fraction of sp³-hybridized carbons (Fsp3) is 0.409. The number of anilines is 1. The molecule has 0 saturated heterocycles. The van der Waals surface area contributed by atoms with Crippen molar-refractivity contribution in [3.8, 4) is 5.75 Å². The van der Waals surface area contributed by atoms with Crippen LogP contribution in [0.15, 0.2) is 36.4 Å². The zero-order valence-electron chi connectivity index (χ0n) is 16.2. The highest BCUT2D eigenvalue weighted by Gasteiger charge is 2.08. The second kappa shape index (κ2) is 10.3. The van der Waals surface area contributed by atoms with Crippen LogP contribution in [0, 0.1) is 27.7 Å². The third kappa shape index (κ3) is 6.41. The van der Waals surface area contributed by atoms with Crippen LogP contribution in [0.1, 0.15) is 35.1 Å². The molecular weight excluding hydrogens is 342 g/mol. The molecule has 3 nitrogen and oxygen atoms in total. The van der Waals surface area contributed by atoms with E-state index in [1.54, 1.807) is 0 Å². The van der Waals surface area contributed by atoms with E-state index in [1.165, 1.54) is 5.56 Å². The van der Waals surface area contributed by atoms with Crippen LogP contribution >= 0.6 is 11.8 Å². The lowest BCUT2D eigenvalue weighted by atomic mass is 10.0. The molecule has 2 rings (SSSR count). The normalized spacial score (nSPS) is 10.6. The van der Waals surface area contributed by atoms with Gasteiger partial charge in [0.25, 0.3) is 0 Å². The van der Waals surface area contributed by atoms with E-state index < -0.39 is 0 Å². The van der Waals surface area contributed by atoms with Crippen LogP contribution in [0.3, 0.4) is 0 Å². The van der Waals surface area contributed by atoms with Gasteiger partial charge in [-0.3, -0.25) is 4.79 Å². The van der Waals surface area contributed by atoms with Gasteiger partial charge >= 0.3 is 0 Å². The summed E-state index contributed by atoms with van der Waals surface area (Å²) in [7, 11) is 0. The van der Waals surface area contributed by atoms with Crippen LogP contribution in [0.4, 0.5) is 5.69 Å². The molecular formula is C22H29NO2S. The molecule has 0 aliphatic heterocycles. The number of carbonyl (C=O) groups is 1. The quantitative estimate of drug-likeness (QED) is 0.596. The first-order valence-electron chi connectivity index (χ1n) is 9.11. The Bertz CT molecular complexity index is 720. The monoisotopic (exact) mass is 371 g/mol. The van der Waals surface area contributed by atoms with Gasteiger partial charge in [0, 0.05) is 17.9 Å². The summed E-state index contributed by atoms with van der Waals surface area (Å²) < 4.78 is 5.78. The van der Waals surface area contributed by atoms with Crippen molar-refractivity contribution < 1.29 is 9.53 Å². The van der Waals surface area contributed by atoms with Crippen LogP contribution < -0.4 is 10.1 Å². The zero-order valence-corrected chi connectivity index (χ0v) is 17.0. The van der Waals surface area contributed by atoms with Gasteiger partial charge in [0.1, 0.15) is 5.75 Å². The minimum atomic E-state index is 0.0943. The van der Waals surface area contributed by atoms with Crippen molar-refractivity contribution in [1.82, 2.24) is 0 Å². The lowest BCUT2D eigenvalue weighted by Crippen LogP contribution is -2.13. The van der Waals surface area contributed by atoms with Gasteiger partial charge in [0.05, 0.1) is 6.61 Å². The molecule has 0 aliphatic rings. The van der Waals surface area contributed by atoms with Crippen LogP contribution in [0.2, 0.25) is 0 Å². The zero-order chi connectivity index (χ0) is 18.9. The molecule has 0 spiro atoms. The first-order chi connectivity index (χ1) is 12.5. The third-order valence-corrected chi connectivity index (χ3v) is 5.25. The third-order valence-electron chi connectivity index (χ3n) is 4.21. The second-order valence-electron chi connectivity index (χ2n) is 6.65. The number of hydrogen-bond donors (Lipinski definition) is 1. The Kier molecular flexibility index (Phi) is 8.05. The van der Waals surface area contributed by atoms with Crippen molar-refractivity contribution in [2.75, 3.05) is 23.4 Å². The number of benzene rings is 2. The number of ether oxygens (including phenoxy) is 1. The van der Waals surface area contributed by atoms with Crippen molar-refractivity contribution in [2.45, 2.75) is 40.5 Å². The number of amides is 1. The number of thioether (sulfide) groups is 1.